The second kappa shape index (κ2) is 6.41. The van der Waals surface area contributed by atoms with Crippen molar-refractivity contribution in [3.63, 3.8) is 0 Å². The van der Waals surface area contributed by atoms with E-state index < -0.39 is 23.7 Å². The standard InChI is InChI=1S/C15H11F3O4S/c1-8(19)22-14-10-7-9(15(16,17)18)3-4-11(10)23-12(14)5-6-13(20)21-2/h3-7H,1-2H3/b6-5+. The van der Waals surface area contributed by atoms with E-state index in [1.807, 2.05) is 0 Å². The van der Waals surface area contributed by atoms with Gasteiger partial charge in [-0.25, -0.2) is 4.79 Å². The van der Waals surface area contributed by atoms with Gasteiger partial charge in [0.05, 0.1) is 17.6 Å². The fraction of sp³-hybridized carbons (Fsp3) is 0.200. The monoisotopic (exact) mass is 344 g/mol. The van der Waals surface area contributed by atoms with Crippen LogP contribution in [0.1, 0.15) is 17.4 Å². The van der Waals surface area contributed by atoms with Gasteiger partial charge in [-0.15, -0.1) is 11.3 Å². The second-order valence-corrected chi connectivity index (χ2v) is 5.54. The normalized spacial score (nSPS) is 11.9. The number of benzene rings is 1. The van der Waals surface area contributed by atoms with Crippen LogP contribution >= 0.6 is 11.3 Å². The summed E-state index contributed by atoms with van der Waals surface area (Å²) in [5, 5.41) is 0.157. The molecule has 0 saturated heterocycles. The molecule has 4 nitrogen and oxygen atoms in total. The molecule has 0 aliphatic rings. The van der Waals surface area contributed by atoms with Gasteiger partial charge >= 0.3 is 18.1 Å². The van der Waals surface area contributed by atoms with E-state index in [1.54, 1.807) is 0 Å². The number of carbonyl (C=O) groups excluding carboxylic acids is 2. The van der Waals surface area contributed by atoms with Crippen LogP contribution in [-0.2, 0) is 20.5 Å². The van der Waals surface area contributed by atoms with Gasteiger partial charge in [-0.1, -0.05) is 0 Å². The Bertz CT molecular complexity index is 790. The van der Waals surface area contributed by atoms with Crippen LogP contribution in [-0.4, -0.2) is 19.0 Å². The Morgan fingerprint density at radius 1 is 1.26 bits per heavy atom. The molecule has 0 amide bonds. The number of carbonyl (C=O) groups is 2. The van der Waals surface area contributed by atoms with E-state index in [2.05, 4.69) is 4.74 Å². The first-order valence-electron chi connectivity index (χ1n) is 6.30. The van der Waals surface area contributed by atoms with Crippen molar-refractivity contribution < 1.29 is 32.2 Å². The molecule has 0 unspecified atom stereocenters. The zero-order valence-electron chi connectivity index (χ0n) is 12.1. The van der Waals surface area contributed by atoms with Crippen LogP contribution in [0.3, 0.4) is 0 Å². The smallest absolute Gasteiger partial charge is 0.416 e. The Balaban J connectivity index is 2.60. The number of fused-ring (bicyclic) bond motifs is 1. The molecule has 0 spiro atoms. The molecule has 0 bridgehead atoms. The first-order valence-corrected chi connectivity index (χ1v) is 7.12. The zero-order valence-corrected chi connectivity index (χ0v) is 12.9. The summed E-state index contributed by atoms with van der Waals surface area (Å²) in [7, 11) is 1.19. The van der Waals surface area contributed by atoms with Gasteiger partial charge in [0.2, 0.25) is 0 Å². The molecule has 1 heterocycles. The third kappa shape index (κ3) is 3.89. The molecular weight excluding hydrogens is 333 g/mol. The first-order chi connectivity index (χ1) is 10.7. The summed E-state index contributed by atoms with van der Waals surface area (Å²) in [6.07, 6.45) is -2.07. The topological polar surface area (TPSA) is 52.6 Å². The summed E-state index contributed by atoms with van der Waals surface area (Å²) in [5.41, 5.74) is -0.848. The van der Waals surface area contributed by atoms with Gasteiger partial charge in [-0.05, 0) is 24.3 Å². The van der Waals surface area contributed by atoms with Crippen LogP contribution in [0.15, 0.2) is 24.3 Å². The van der Waals surface area contributed by atoms with E-state index in [9.17, 15) is 22.8 Å². The molecule has 2 rings (SSSR count). The highest BCUT2D eigenvalue weighted by molar-refractivity contribution is 7.20. The Kier molecular flexibility index (Phi) is 4.74. The summed E-state index contributed by atoms with van der Waals surface area (Å²) in [6, 6.07) is 3.16. The van der Waals surface area contributed by atoms with Gasteiger partial charge in [-0.2, -0.15) is 13.2 Å². The maximum absolute atomic E-state index is 12.8. The predicted octanol–water partition coefficient (Wildman–Crippen LogP) is 4.03. The van der Waals surface area contributed by atoms with Crippen LogP contribution in [0.5, 0.6) is 5.75 Å². The molecule has 0 radical (unpaired) electrons. The van der Waals surface area contributed by atoms with E-state index >= 15 is 0 Å². The number of ether oxygens (including phenoxy) is 2. The van der Waals surface area contributed by atoms with Gasteiger partial charge in [0.25, 0.3) is 0 Å². The van der Waals surface area contributed by atoms with Crippen molar-refractivity contribution in [3.8, 4) is 5.75 Å². The lowest BCUT2D eigenvalue weighted by Gasteiger charge is -2.07. The Hall–Kier alpha value is -2.35. The molecule has 8 heteroatoms. The maximum Gasteiger partial charge on any atom is 0.416 e. The number of alkyl halides is 3. The molecular formula is C15H11F3O4S. The molecule has 1 aromatic carbocycles. The highest BCUT2D eigenvalue weighted by Gasteiger charge is 2.31. The minimum Gasteiger partial charge on any atom is -0.466 e. The third-order valence-electron chi connectivity index (χ3n) is 2.81. The van der Waals surface area contributed by atoms with Crippen LogP contribution in [0.2, 0.25) is 0 Å². The van der Waals surface area contributed by atoms with Crippen LogP contribution < -0.4 is 4.74 Å². The van der Waals surface area contributed by atoms with Gasteiger partial charge in [0.1, 0.15) is 0 Å². The van der Waals surface area contributed by atoms with Gasteiger partial charge < -0.3 is 9.47 Å². The average Bonchev–Trinajstić information content (AvgIpc) is 2.80. The molecule has 1 aromatic heterocycles. The molecule has 0 aliphatic carbocycles. The van der Waals surface area contributed by atoms with E-state index in [-0.39, 0.29) is 11.1 Å². The summed E-state index contributed by atoms with van der Waals surface area (Å²) in [4.78, 5) is 22.7. The molecule has 0 N–H and O–H groups in total. The molecule has 2 aromatic rings. The van der Waals surface area contributed by atoms with Crippen molar-refractivity contribution in [1.82, 2.24) is 0 Å². The third-order valence-corrected chi connectivity index (χ3v) is 3.93. The Labute approximate surface area is 133 Å². The molecule has 0 aliphatic heterocycles. The Morgan fingerprint density at radius 2 is 1.96 bits per heavy atom. The van der Waals surface area contributed by atoms with E-state index in [0.717, 1.165) is 36.5 Å². The molecule has 0 atom stereocenters. The quantitative estimate of drug-likeness (QED) is 0.623. The first kappa shape index (κ1) is 17.0. The molecule has 122 valence electrons. The van der Waals surface area contributed by atoms with Crippen molar-refractivity contribution in [2.45, 2.75) is 13.1 Å². The summed E-state index contributed by atoms with van der Waals surface area (Å²) < 4.78 is 48.5. The van der Waals surface area contributed by atoms with E-state index in [0.29, 0.717) is 9.58 Å². The lowest BCUT2D eigenvalue weighted by molar-refractivity contribution is -0.137. The minimum absolute atomic E-state index is 0.0104. The highest BCUT2D eigenvalue weighted by Crippen LogP contribution is 2.41. The van der Waals surface area contributed by atoms with E-state index in [1.165, 1.54) is 19.3 Å². The fourth-order valence-electron chi connectivity index (χ4n) is 1.84. The zero-order chi connectivity index (χ0) is 17.2. The van der Waals surface area contributed by atoms with E-state index in [4.69, 9.17) is 4.74 Å². The average molecular weight is 344 g/mol. The number of methoxy groups -OCH3 is 1. The second-order valence-electron chi connectivity index (χ2n) is 4.45. The number of halogens is 3. The summed E-state index contributed by atoms with van der Waals surface area (Å²) in [6.45, 7) is 1.14. The Morgan fingerprint density at radius 3 is 2.52 bits per heavy atom. The predicted molar refractivity (Wildman–Crippen MR) is 79.2 cm³/mol. The van der Waals surface area contributed by atoms with Gasteiger partial charge in [0.15, 0.2) is 5.75 Å². The van der Waals surface area contributed by atoms with Crippen LogP contribution in [0, 0.1) is 0 Å². The van der Waals surface area contributed by atoms with Crippen LogP contribution in [0.25, 0.3) is 16.2 Å². The van der Waals surface area contributed by atoms with Gasteiger partial charge in [0, 0.05) is 23.1 Å². The van der Waals surface area contributed by atoms with Crippen molar-refractivity contribution >= 4 is 39.4 Å². The molecule has 0 fully saturated rings. The van der Waals surface area contributed by atoms with Crippen LogP contribution in [0.4, 0.5) is 13.2 Å². The number of hydrogen-bond acceptors (Lipinski definition) is 5. The molecule has 23 heavy (non-hydrogen) atoms. The highest BCUT2D eigenvalue weighted by atomic mass is 32.1. The lowest BCUT2D eigenvalue weighted by atomic mass is 10.1. The number of rotatable bonds is 3. The summed E-state index contributed by atoms with van der Waals surface area (Å²) in [5.74, 6) is -1.31. The minimum atomic E-state index is -4.51. The van der Waals surface area contributed by atoms with Crippen molar-refractivity contribution in [2.24, 2.45) is 0 Å². The number of thiophene rings is 1. The SMILES string of the molecule is COC(=O)/C=C/c1sc2ccc(C(F)(F)F)cc2c1OC(C)=O. The number of hydrogen-bond donors (Lipinski definition) is 0. The number of esters is 2. The van der Waals surface area contributed by atoms with Gasteiger partial charge in [-0.3, -0.25) is 4.79 Å². The molecule has 0 saturated carbocycles. The van der Waals surface area contributed by atoms with Crippen molar-refractivity contribution in [1.29, 1.82) is 0 Å². The van der Waals surface area contributed by atoms with Crippen molar-refractivity contribution in [2.75, 3.05) is 7.11 Å². The maximum atomic E-state index is 12.8. The van der Waals surface area contributed by atoms with Crippen molar-refractivity contribution in [3.05, 3.63) is 34.7 Å². The summed E-state index contributed by atoms with van der Waals surface area (Å²) >= 11 is 1.10. The fourth-order valence-corrected chi connectivity index (χ4v) is 2.86. The largest absolute Gasteiger partial charge is 0.466 e. The lowest BCUT2D eigenvalue weighted by Crippen LogP contribution is -2.05.